The van der Waals surface area contributed by atoms with Gasteiger partial charge >= 0.3 is 11.9 Å². The fraction of sp³-hybridized carbons (Fsp3) is 0.400. The van der Waals surface area contributed by atoms with Gasteiger partial charge in [0.25, 0.3) is 5.56 Å². The SMILES string of the molecule is COC(=O)CNc1cnn(CC(=O)OC)c(=O)c1Br. The van der Waals surface area contributed by atoms with Gasteiger partial charge < -0.3 is 14.8 Å². The molecular formula is C10H12BrN3O5. The van der Waals surface area contributed by atoms with E-state index in [0.29, 0.717) is 5.69 Å². The number of halogens is 1. The van der Waals surface area contributed by atoms with Crippen molar-refractivity contribution in [2.24, 2.45) is 0 Å². The molecule has 1 rings (SSSR count). The van der Waals surface area contributed by atoms with Crippen molar-refractivity contribution in [1.29, 1.82) is 0 Å². The van der Waals surface area contributed by atoms with E-state index >= 15 is 0 Å². The van der Waals surface area contributed by atoms with Gasteiger partial charge in [-0.05, 0) is 15.9 Å². The zero-order valence-corrected chi connectivity index (χ0v) is 11.9. The maximum absolute atomic E-state index is 11.8. The molecule has 1 aromatic rings. The lowest BCUT2D eigenvalue weighted by molar-refractivity contribution is -0.141. The van der Waals surface area contributed by atoms with Crippen LogP contribution in [-0.4, -0.2) is 42.5 Å². The summed E-state index contributed by atoms with van der Waals surface area (Å²) in [7, 11) is 2.47. The number of esters is 2. The molecule has 0 spiro atoms. The van der Waals surface area contributed by atoms with Crippen LogP contribution in [0.3, 0.4) is 0 Å². The lowest BCUT2D eigenvalue weighted by Gasteiger charge is -2.09. The number of rotatable bonds is 5. The van der Waals surface area contributed by atoms with E-state index in [-0.39, 0.29) is 17.6 Å². The third kappa shape index (κ3) is 4.05. The number of nitrogens with zero attached hydrogens (tertiary/aromatic N) is 2. The summed E-state index contributed by atoms with van der Waals surface area (Å²) in [4.78, 5) is 33.9. The van der Waals surface area contributed by atoms with Crippen molar-refractivity contribution in [2.75, 3.05) is 26.1 Å². The van der Waals surface area contributed by atoms with Gasteiger partial charge in [0.2, 0.25) is 0 Å². The minimum absolute atomic E-state index is 0.1000. The summed E-state index contributed by atoms with van der Waals surface area (Å²) in [6, 6.07) is 0. The van der Waals surface area contributed by atoms with E-state index in [4.69, 9.17) is 0 Å². The van der Waals surface area contributed by atoms with Gasteiger partial charge in [-0.2, -0.15) is 5.10 Å². The van der Waals surface area contributed by atoms with Crippen molar-refractivity contribution in [3.8, 4) is 0 Å². The Kier molecular flexibility index (Phi) is 5.49. The topological polar surface area (TPSA) is 99.5 Å². The Morgan fingerprint density at radius 3 is 2.58 bits per heavy atom. The highest BCUT2D eigenvalue weighted by Gasteiger charge is 2.12. The molecule has 0 saturated heterocycles. The first kappa shape index (κ1) is 15.2. The van der Waals surface area contributed by atoms with Crippen LogP contribution in [0.15, 0.2) is 15.5 Å². The summed E-state index contributed by atoms with van der Waals surface area (Å²) in [5.41, 5.74) is -0.184. The number of nitrogens with one attached hydrogen (secondary N) is 1. The van der Waals surface area contributed by atoms with E-state index in [2.05, 4.69) is 35.8 Å². The van der Waals surface area contributed by atoms with Crippen LogP contribution in [-0.2, 0) is 25.6 Å². The molecule has 1 N–H and O–H groups in total. The van der Waals surface area contributed by atoms with E-state index in [0.717, 1.165) is 4.68 Å². The number of aromatic nitrogens is 2. The lowest BCUT2D eigenvalue weighted by atomic mass is 10.4. The third-order valence-electron chi connectivity index (χ3n) is 2.14. The molecule has 0 saturated carbocycles. The molecule has 0 unspecified atom stereocenters. The molecule has 19 heavy (non-hydrogen) atoms. The van der Waals surface area contributed by atoms with Gasteiger partial charge in [-0.3, -0.25) is 14.4 Å². The van der Waals surface area contributed by atoms with E-state index < -0.39 is 17.5 Å². The molecule has 0 atom stereocenters. The second-order valence-electron chi connectivity index (χ2n) is 3.34. The summed E-state index contributed by atoms with van der Waals surface area (Å²) >= 11 is 3.07. The lowest BCUT2D eigenvalue weighted by Crippen LogP contribution is -2.29. The van der Waals surface area contributed by atoms with E-state index in [1.807, 2.05) is 0 Å². The fourth-order valence-corrected chi connectivity index (χ4v) is 1.57. The highest BCUT2D eigenvalue weighted by molar-refractivity contribution is 9.10. The molecule has 0 aliphatic heterocycles. The highest BCUT2D eigenvalue weighted by atomic mass is 79.9. The highest BCUT2D eigenvalue weighted by Crippen LogP contribution is 2.15. The minimum atomic E-state index is -0.586. The first-order valence-corrected chi connectivity index (χ1v) is 5.92. The summed E-state index contributed by atoms with van der Waals surface area (Å²) in [6.45, 7) is -0.386. The van der Waals surface area contributed by atoms with Crippen molar-refractivity contribution in [3.05, 3.63) is 21.0 Å². The molecule has 0 radical (unpaired) electrons. The predicted molar refractivity (Wildman–Crippen MR) is 68.7 cm³/mol. The van der Waals surface area contributed by atoms with Crippen LogP contribution in [0.1, 0.15) is 0 Å². The van der Waals surface area contributed by atoms with Gasteiger partial charge in [0, 0.05) is 0 Å². The molecule has 0 bridgehead atoms. The van der Waals surface area contributed by atoms with Crippen LogP contribution >= 0.6 is 15.9 Å². The zero-order valence-electron chi connectivity index (χ0n) is 10.3. The van der Waals surface area contributed by atoms with Gasteiger partial charge in [-0.15, -0.1) is 0 Å². The second-order valence-corrected chi connectivity index (χ2v) is 4.13. The van der Waals surface area contributed by atoms with E-state index in [9.17, 15) is 14.4 Å². The summed E-state index contributed by atoms with van der Waals surface area (Å²) in [5, 5.41) is 6.48. The number of anilines is 1. The molecule has 104 valence electrons. The van der Waals surface area contributed by atoms with Crippen LogP contribution in [0.5, 0.6) is 0 Å². The molecule has 1 heterocycles. The Morgan fingerprint density at radius 1 is 1.37 bits per heavy atom. The molecule has 0 aromatic carbocycles. The zero-order chi connectivity index (χ0) is 14.4. The molecule has 1 aromatic heterocycles. The van der Waals surface area contributed by atoms with Crippen LogP contribution in [0.4, 0.5) is 5.69 Å². The number of carbonyl (C=O) groups is 2. The summed E-state index contributed by atoms with van der Waals surface area (Å²) in [6.07, 6.45) is 1.32. The first-order valence-electron chi connectivity index (χ1n) is 5.12. The molecule has 0 fully saturated rings. The van der Waals surface area contributed by atoms with Gasteiger partial charge in [-0.25, -0.2) is 4.68 Å². The molecule has 8 nitrogen and oxygen atoms in total. The Labute approximate surface area is 116 Å². The minimum Gasteiger partial charge on any atom is -0.468 e. The number of hydrogen-bond donors (Lipinski definition) is 1. The van der Waals surface area contributed by atoms with Crippen molar-refractivity contribution >= 4 is 33.6 Å². The van der Waals surface area contributed by atoms with Crippen LogP contribution < -0.4 is 10.9 Å². The largest absolute Gasteiger partial charge is 0.468 e. The van der Waals surface area contributed by atoms with Crippen LogP contribution in [0.25, 0.3) is 0 Å². The Balaban J connectivity index is 2.88. The Morgan fingerprint density at radius 2 is 2.00 bits per heavy atom. The summed E-state index contributed by atoms with van der Waals surface area (Å²) in [5.74, 6) is -1.07. The van der Waals surface area contributed by atoms with Gasteiger partial charge in [0.1, 0.15) is 17.6 Å². The van der Waals surface area contributed by atoms with Gasteiger partial charge in [0.05, 0.1) is 26.1 Å². The molecule has 9 heteroatoms. The molecule has 0 aliphatic carbocycles. The molecular weight excluding hydrogens is 322 g/mol. The van der Waals surface area contributed by atoms with Gasteiger partial charge in [0.15, 0.2) is 0 Å². The Hall–Kier alpha value is -1.90. The number of methoxy groups -OCH3 is 2. The number of hydrogen-bond acceptors (Lipinski definition) is 7. The van der Waals surface area contributed by atoms with E-state index in [1.54, 1.807) is 0 Å². The van der Waals surface area contributed by atoms with Crippen molar-refractivity contribution in [2.45, 2.75) is 6.54 Å². The first-order chi connectivity index (χ1) is 8.99. The van der Waals surface area contributed by atoms with Crippen molar-refractivity contribution in [1.82, 2.24) is 9.78 Å². The monoisotopic (exact) mass is 333 g/mol. The van der Waals surface area contributed by atoms with Crippen LogP contribution in [0.2, 0.25) is 0 Å². The molecule has 0 amide bonds. The van der Waals surface area contributed by atoms with Crippen molar-refractivity contribution < 1.29 is 19.1 Å². The smallest absolute Gasteiger partial charge is 0.327 e. The summed E-state index contributed by atoms with van der Waals surface area (Å²) < 4.78 is 10.00. The maximum Gasteiger partial charge on any atom is 0.327 e. The predicted octanol–water partition coefficient (Wildman–Crippen LogP) is -0.236. The maximum atomic E-state index is 11.8. The normalized spacial score (nSPS) is 9.84. The standard InChI is InChI=1S/C10H12BrN3O5/c1-18-7(15)4-12-6-3-13-14(5-8(16)19-2)10(17)9(6)11/h3,12H,4-5H2,1-2H3. The average molecular weight is 334 g/mol. The van der Waals surface area contributed by atoms with Crippen molar-refractivity contribution in [3.63, 3.8) is 0 Å². The average Bonchev–Trinajstić information content (AvgIpc) is 2.42. The van der Waals surface area contributed by atoms with Crippen LogP contribution in [0, 0.1) is 0 Å². The Bertz CT molecular complexity index is 542. The van der Waals surface area contributed by atoms with Gasteiger partial charge in [-0.1, -0.05) is 0 Å². The second kappa shape index (κ2) is 6.88. The van der Waals surface area contributed by atoms with E-state index in [1.165, 1.54) is 20.4 Å². The quantitative estimate of drug-likeness (QED) is 0.742. The fourth-order valence-electron chi connectivity index (χ4n) is 1.13. The molecule has 0 aliphatic rings. The third-order valence-corrected chi connectivity index (χ3v) is 2.91. The number of carbonyl (C=O) groups excluding carboxylic acids is 2. The number of ether oxygens (including phenoxy) is 2.